The Labute approximate surface area is 159 Å². The number of rotatable bonds is 5. The summed E-state index contributed by atoms with van der Waals surface area (Å²) in [5.74, 6) is 2.04. The van der Waals surface area contributed by atoms with Crippen LogP contribution in [0.4, 0.5) is 0 Å². The van der Waals surface area contributed by atoms with E-state index in [1.807, 2.05) is 0 Å². The van der Waals surface area contributed by atoms with Gasteiger partial charge in [0, 0.05) is 21.5 Å². The molecule has 2 nitrogen and oxygen atoms in total. The lowest BCUT2D eigenvalue weighted by Gasteiger charge is -2.27. The predicted molar refractivity (Wildman–Crippen MR) is 119 cm³/mol. The van der Waals surface area contributed by atoms with Crippen molar-refractivity contribution in [3.63, 3.8) is 0 Å². The van der Waals surface area contributed by atoms with Crippen LogP contribution in [0.1, 0.15) is 12.5 Å². The van der Waals surface area contributed by atoms with E-state index in [1.165, 1.54) is 10.9 Å². The quantitative estimate of drug-likeness (QED) is 0.350. The summed E-state index contributed by atoms with van der Waals surface area (Å²) in [6.45, 7) is 15.6. The molecule has 0 amide bonds. The van der Waals surface area contributed by atoms with E-state index in [0.717, 1.165) is 34.1 Å². The first-order valence-electron chi connectivity index (χ1n) is 9.44. The number of aryl methyl sites for hydroxylation is 1. The van der Waals surface area contributed by atoms with Crippen LogP contribution in [0.3, 0.4) is 0 Å². The number of fused-ring (bicyclic) bond motifs is 2. The molecule has 0 saturated heterocycles. The molecule has 3 aromatic rings. The van der Waals surface area contributed by atoms with Gasteiger partial charge in [-0.25, -0.2) is 0 Å². The first-order chi connectivity index (χ1) is 12.1. The lowest BCUT2D eigenvalue weighted by atomic mass is 9.98. The summed E-state index contributed by atoms with van der Waals surface area (Å²) in [6.07, 6.45) is 1.01. The van der Waals surface area contributed by atoms with Gasteiger partial charge in [0.25, 0.3) is 0 Å². The highest BCUT2D eigenvalue weighted by Gasteiger charge is 2.25. The maximum Gasteiger partial charge on any atom is 0.242 e. The molecule has 0 N–H and O–H groups in total. The minimum absolute atomic E-state index is 1.01. The second-order valence-corrected chi connectivity index (χ2v) is 17.7. The number of benzene rings is 3. The number of hydrogen-bond donors (Lipinski definition) is 0. The molecule has 0 heterocycles. The highest BCUT2D eigenvalue weighted by molar-refractivity contribution is 6.71. The minimum atomic E-state index is -1.76. The lowest BCUT2D eigenvalue weighted by Crippen LogP contribution is -2.30. The molecule has 26 heavy (non-hydrogen) atoms. The first-order valence-corrected chi connectivity index (χ1v) is 16.3. The van der Waals surface area contributed by atoms with Crippen LogP contribution in [0.25, 0.3) is 21.5 Å². The van der Waals surface area contributed by atoms with Gasteiger partial charge in [-0.1, -0.05) is 43.3 Å². The summed E-state index contributed by atoms with van der Waals surface area (Å²) >= 11 is 0. The smallest absolute Gasteiger partial charge is 0.242 e. The van der Waals surface area contributed by atoms with Gasteiger partial charge in [-0.15, -0.1) is 0 Å². The van der Waals surface area contributed by atoms with Crippen molar-refractivity contribution < 1.29 is 8.85 Å². The maximum atomic E-state index is 6.61. The molecule has 4 heteroatoms. The summed E-state index contributed by atoms with van der Waals surface area (Å²) in [4.78, 5) is 0. The Kier molecular flexibility index (Phi) is 4.93. The molecule has 3 aromatic carbocycles. The van der Waals surface area contributed by atoms with Crippen LogP contribution in [-0.2, 0) is 6.42 Å². The lowest BCUT2D eigenvalue weighted by molar-refractivity contribution is 0.561. The topological polar surface area (TPSA) is 18.5 Å². The first kappa shape index (κ1) is 19.0. The van der Waals surface area contributed by atoms with Crippen molar-refractivity contribution in [2.24, 2.45) is 0 Å². The fraction of sp³-hybridized carbons (Fsp3) is 0.364. The Morgan fingerprint density at radius 2 is 1.12 bits per heavy atom. The summed E-state index contributed by atoms with van der Waals surface area (Å²) in [6, 6.07) is 15.2. The van der Waals surface area contributed by atoms with E-state index in [1.54, 1.807) is 0 Å². The van der Waals surface area contributed by atoms with Gasteiger partial charge >= 0.3 is 0 Å². The second kappa shape index (κ2) is 6.74. The van der Waals surface area contributed by atoms with Gasteiger partial charge in [-0.05, 0) is 57.3 Å². The molecule has 0 aliphatic rings. The van der Waals surface area contributed by atoms with Crippen molar-refractivity contribution in [1.82, 2.24) is 0 Å². The highest BCUT2D eigenvalue weighted by Crippen LogP contribution is 2.44. The Morgan fingerprint density at radius 1 is 0.654 bits per heavy atom. The van der Waals surface area contributed by atoms with Crippen LogP contribution in [0, 0.1) is 0 Å². The van der Waals surface area contributed by atoms with Crippen molar-refractivity contribution in [2.75, 3.05) is 0 Å². The van der Waals surface area contributed by atoms with Crippen LogP contribution in [0.15, 0.2) is 42.5 Å². The molecule has 0 radical (unpaired) electrons. The maximum absolute atomic E-state index is 6.61. The van der Waals surface area contributed by atoms with Gasteiger partial charge in [-0.3, -0.25) is 0 Å². The molecular formula is C22H30O2Si2. The molecule has 0 fully saturated rings. The molecular weight excluding hydrogens is 352 g/mol. The van der Waals surface area contributed by atoms with Gasteiger partial charge in [0.1, 0.15) is 11.5 Å². The molecule has 0 aliphatic heterocycles. The van der Waals surface area contributed by atoms with Crippen LogP contribution in [0.2, 0.25) is 39.3 Å². The van der Waals surface area contributed by atoms with E-state index < -0.39 is 16.6 Å². The van der Waals surface area contributed by atoms with E-state index in [4.69, 9.17) is 8.85 Å². The van der Waals surface area contributed by atoms with Crippen LogP contribution in [0.5, 0.6) is 11.5 Å². The van der Waals surface area contributed by atoms with Crippen LogP contribution >= 0.6 is 0 Å². The SMILES string of the molecule is CCc1ccc2c(O[Si](C)(C)C)c3ccccc3c(O[Si](C)(C)C)c2c1. The minimum Gasteiger partial charge on any atom is -0.543 e. The Hall–Kier alpha value is -1.79. The van der Waals surface area contributed by atoms with E-state index in [-0.39, 0.29) is 0 Å². The Bertz CT molecular complexity index is 950. The average molecular weight is 383 g/mol. The van der Waals surface area contributed by atoms with Crippen LogP contribution < -0.4 is 8.85 Å². The standard InChI is InChI=1S/C22H30O2Si2/c1-8-16-13-14-19-20(15-16)22(24-26(5,6)7)18-12-10-9-11-17(18)21(19)23-25(2,3)4/h9-15H,8H2,1-7H3. The summed E-state index contributed by atoms with van der Waals surface area (Å²) < 4.78 is 13.2. The molecule has 0 aliphatic carbocycles. The molecule has 138 valence electrons. The third-order valence-corrected chi connectivity index (χ3v) is 5.85. The van der Waals surface area contributed by atoms with Gasteiger partial charge in [0.2, 0.25) is 16.6 Å². The van der Waals surface area contributed by atoms with Crippen molar-refractivity contribution >= 4 is 38.2 Å². The molecule has 3 rings (SSSR count). The van der Waals surface area contributed by atoms with Gasteiger partial charge in [0.15, 0.2) is 0 Å². The zero-order valence-electron chi connectivity index (χ0n) is 17.1. The van der Waals surface area contributed by atoms with Crippen molar-refractivity contribution in [3.8, 4) is 11.5 Å². The normalized spacial score (nSPS) is 12.6. The zero-order chi connectivity index (χ0) is 19.1. The monoisotopic (exact) mass is 382 g/mol. The largest absolute Gasteiger partial charge is 0.543 e. The summed E-state index contributed by atoms with van der Waals surface area (Å²) in [5.41, 5.74) is 1.33. The van der Waals surface area contributed by atoms with Crippen molar-refractivity contribution in [2.45, 2.75) is 52.6 Å². The number of hydrogen-bond acceptors (Lipinski definition) is 2. The molecule has 0 bridgehead atoms. The third-order valence-electron chi connectivity index (χ3n) is 4.21. The summed E-state index contributed by atoms with van der Waals surface area (Å²) in [5, 5.41) is 4.65. The molecule has 0 saturated carbocycles. The fourth-order valence-electron chi connectivity index (χ4n) is 3.20. The van der Waals surface area contributed by atoms with Crippen molar-refractivity contribution in [3.05, 3.63) is 48.0 Å². The van der Waals surface area contributed by atoms with Gasteiger partial charge in [-0.2, -0.15) is 0 Å². The van der Waals surface area contributed by atoms with E-state index in [9.17, 15) is 0 Å². The zero-order valence-corrected chi connectivity index (χ0v) is 19.1. The fourth-order valence-corrected chi connectivity index (χ4v) is 4.86. The van der Waals surface area contributed by atoms with Gasteiger partial charge in [0.05, 0.1) is 0 Å². The molecule has 0 aromatic heterocycles. The Morgan fingerprint density at radius 3 is 1.58 bits per heavy atom. The summed E-state index contributed by atoms with van der Waals surface area (Å²) in [7, 11) is -3.51. The Balaban J connectivity index is 2.44. The molecule has 0 unspecified atom stereocenters. The van der Waals surface area contributed by atoms with E-state index >= 15 is 0 Å². The van der Waals surface area contributed by atoms with Gasteiger partial charge < -0.3 is 8.85 Å². The predicted octanol–water partition coefficient (Wildman–Crippen LogP) is 6.98. The van der Waals surface area contributed by atoms with E-state index in [0.29, 0.717) is 0 Å². The van der Waals surface area contributed by atoms with Crippen LogP contribution in [-0.4, -0.2) is 16.6 Å². The molecule has 0 atom stereocenters. The van der Waals surface area contributed by atoms with E-state index in [2.05, 4.69) is 88.7 Å². The van der Waals surface area contributed by atoms with Crippen molar-refractivity contribution in [1.29, 1.82) is 0 Å². The second-order valence-electron chi connectivity index (χ2n) is 8.87. The highest BCUT2D eigenvalue weighted by atomic mass is 28.4. The average Bonchev–Trinajstić information content (AvgIpc) is 2.55. The third kappa shape index (κ3) is 3.96. The molecule has 0 spiro atoms.